The van der Waals surface area contributed by atoms with Gasteiger partial charge in [0.05, 0.1) is 11.8 Å². The van der Waals surface area contributed by atoms with Crippen LogP contribution in [0.3, 0.4) is 0 Å². The first kappa shape index (κ1) is 11.5. The van der Waals surface area contributed by atoms with Crippen LogP contribution in [0, 0.1) is 5.82 Å². The summed E-state index contributed by atoms with van der Waals surface area (Å²) in [7, 11) is 0. The van der Waals surface area contributed by atoms with Gasteiger partial charge in [0.2, 0.25) is 0 Å². The summed E-state index contributed by atoms with van der Waals surface area (Å²) in [5, 5.41) is 3.41. The first-order valence-electron chi connectivity index (χ1n) is 5.96. The van der Waals surface area contributed by atoms with E-state index in [1.165, 1.54) is 6.07 Å². The van der Waals surface area contributed by atoms with Gasteiger partial charge in [-0.1, -0.05) is 0 Å². The SMILES string of the molecule is CC1CC2(CCO1)CNc1c(Br)cc(F)cc12. The summed E-state index contributed by atoms with van der Waals surface area (Å²) in [6.45, 7) is 3.74. The van der Waals surface area contributed by atoms with Gasteiger partial charge in [-0.2, -0.15) is 0 Å². The molecule has 1 aromatic carbocycles. The number of rotatable bonds is 0. The van der Waals surface area contributed by atoms with Gasteiger partial charge in [0.1, 0.15) is 5.82 Å². The molecule has 0 radical (unpaired) electrons. The molecular formula is C13H15BrFNO. The van der Waals surface area contributed by atoms with Gasteiger partial charge in [-0.3, -0.25) is 0 Å². The molecule has 0 saturated carbocycles. The summed E-state index contributed by atoms with van der Waals surface area (Å²) in [5.74, 6) is -0.169. The molecule has 2 nitrogen and oxygen atoms in total. The summed E-state index contributed by atoms with van der Waals surface area (Å²) in [5.41, 5.74) is 2.22. The standard InChI is InChI=1S/C13H15BrFNO/c1-8-6-13(2-3-17-8)7-16-12-10(13)4-9(15)5-11(12)14/h4-5,8,16H,2-3,6-7H2,1H3. The lowest BCUT2D eigenvalue weighted by atomic mass is 9.74. The number of fused-ring (bicyclic) bond motifs is 2. The fourth-order valence-corrected chi connectivity index (χ4v) is 3.67. The Balaban J connectivity index is 2.08. The lowest BCUT2D eigenvalue weighted by Crippen LogP contribution is -2.39. The lowest BCUT2D eigenvalue weighted by Gasteiger charge is -2.36. The van der Waals surface area contributed by atoms with Gasteiger partial charge in [-0.05, 0) is 53.4 Å². The highest BCUT2D eigenvalue weighted by Crippen LogP contribution is 2.47. The summed E-state index contributed by atoms with van der Waals surface area (Å²) in [6, 6.07) is 3.20. The highest BCUT2D eigenvalue weighted by atomic mass is 79.9. The number of benzene rings is 1. The van der Waals surface area contributed by atoms with E-state index in [0.717, 1.165) is 41.7 Å². The van der Waals surface area contributed by atoms with Crippen molar-refractivity contribution in [2.45, 2.75) is 31.3 Å². The summed E-state index contributed by atoms with van der Waals surface area (Å²) in [6.07, 6.45) is 2.18. The molecule has 0 aliphatic carbocycles. The highest BCUT2D eigenvalue weighted by molar-refractivity contribution is 9.10. The van der Waals surface area contributed by atoms with E-state index in [-0.39, 0.29) is 17.3 Å². The van der Waals surface area contributed by atoms with E-state index in [1.807, 2.05) is 0 Å². The van der Waals surface area contributed by atoms with Gasteiger partial charge in [0.25, 0.3) is 0 Å². The molecule has 4 heteroatoms. The zero-order valence-electron chi connectivity index (χ0n) is 9.72. The third-order valence-electron chi connectivity index (χ3n) is 3.89. The van der Waals surface area contributed by atoms with Gasteiger partial charge >= 0.3 is 0 Å². The average molecular weight is 300 g/mol. The minimum atomic E-state index is -0.169. The number of nitrogens with one attached hydrogen (secondary N) is 1. The predicted octanol–water partition coefficient (Wildman–Crippen LogP) is 3.45. The van der Waals surface area contributed by atoms with Crippen LogP contribution < -0.4 is 5.32 Å². The molecule has 2 atom stereocenters. The second-order valence-corrected chi connectivity index (χ2v) is 5.93. The third-order valence-corrected chi connectivity index (χ3v) is 4.52. The quantitative estimate of drug-likeness (QED) is 0.792. The van der Waals surface area contributed by atoms with Crippen molar-refractivity contribution in [1.82, 2.24) is 0 Å². The van der Waals surface area contributed by atoms with E-state index >= 15 is 0 Å². The molecule has 1 fully saturated rings. The van der Waals surface area contributed by atoms with Crippen molar-refractivity contribution in [3.63, 3.8) is 0 Å². The van der Waals surface area contributed by atoms with Crippen LogP contribution >= 0.6 is 15.9 Å². The van der Waals surface area contributed by atoms with Crippen molar-refractivity contribution >= 4 is 21.6 Å². The van der Waals surface area contributed by atoms with Crippen molar-refractivity contribution in [3.8, 4) is 0 Å². The molecule has 2 unspecified atom stereocenters. The summed E-state index contributed by atoms with van der Waals surface area (Å²) in [4.78, 5) is 0. The van der Waals surface area contributed by atoms with E-state index in [2.05, 4.69) is 28.2 Å². The Hall–Kier alpha value is -0.610. The first-order valence-corrected chi connectivity index (χ1v) is 6.75. The third kappa shape index (κ3) is 1.78. The maximum absolute atomic E-state index is 13.6. The Morgan fingerprint density at radius 2 is 2.35 bits per heavy atom. The Morgan fingerprint density at radius 3 is 3.12 bits per heavy atom. The molecule has 2 aliphatic heterocycles. The van der Waals surface area contributed by atoms with Crippen LogP contribution in [-0.2, 0) is 10.2 Å². The zero-order chi connectivity index (χ0) is 12.0. The smallest absolute Gasteiger partial charge is 0.124 e. The second-order valence-electron chi connectivity index (χ2n) is 5.08. The number of ether oxygens (including phenoxy) is 1. The molecule has 1 aromatic rings. The van der Waals surface area contributed by atoms with Crippen molar-refractivity contribution in [2.75, 3.05) is 18.5 Å². The van der Waals surface area contributed by atoms with Crippen LogP contribution in [0.5, 0.6) is 0 Å². The van der Waals surface area contributed by atoms with Gasteiger partial charge < -0.3 is 10.1 Å². The van der Waals surface area contributed by atoms with E-state index in [4.69, 9.17) is 4.74 Å². The first-order chi connectivity index (χ1) is 8.11. The molecule has 3 rings (SSSR count). The maximum atomic E-state index is 13.6. The molecular weight excluding hydrogens is 285 g/mol. The summed E-state index contributed by atoms with van der Waals surface area (Å²) < 4.78 is 20.0. The van der Waals surface area contributed by atoms with E-state index in [9.17, 15) is 4.39 Å². The molecule has 2 heterocycles. The fourth-order valence-electron chi connectivity index (χ4n) is 3.10. The van der Waals surface area contributed by atoms with Crippen molar-refractivity contribution in [2.24, 2.45) is 0 Å². The highest BCUT2D eigenvalue weighted by Gasteiger charge is 2.43. The molecule has 0 amide bonds. The van der Waals surface area contributed by atoms with E-state index < -0.39 is 0 Å². The minimum Gasteiger partial charge on any atom is -0.383 e. The van der Waals surface area contributed by atoms with Gasteiger partial charge in [0.15, 0.2) is 0 Å². The van der Waals surface area contributed by atoms with Crippen LogP contribution in [0.4, 0.5) is 10.1 Å². The number of halogens is 2. The van der Waals surface area contributed by atoms with Crippen LogP contribution in [0.2, 0.25) is 0 Å². The number of hydrogen-bond donors (Lipinski definition) is 1. The van der Waals surface area contributed by atoms with Crippen LogP contribution in [0.1, 0.15) is 25.3 Å². The zero-order valence-corrected chi connectivity index (χ0v) is 11.3. The van der Waals surface area contributed by atoms with Crippen LogP contribution in [0.25, 0.3) is 0 Å². The van der Waals surface area contributed by atoms with Crippen molar-refractivity contribution in [1.29, 1.82) is 0 Å². The van der Waals surface area contributed by atoms with Crippen LogP contribution in [0.15, 0.2) is 16.6 Å². The van der Waals surface area contributed by atoms with Crippen molar-refractivity contribution in [3.05, 3.63) is 28.0 Å². The van der Waals surface area contributed by atoms with Crippen molar-refractivity contribution < 1.29 is 9.13 Å². The topological polar surface area (TPSA) is 21.3 Å². The minimum absolute atomic E-state index is 0.0532. The van der Waals surface area contributed by atoms with E-state index in [0.29, 0.717) is 0 Å². The Bertz CT molecular complexity index is 465. The molecule has 1 N–H and O–H groups in total. The number of hydrogen-bond acceptors (Lipinski definition) is 2. The Morgan fingerprint density at radius 1 is 1.53 bits per heavy atom. The summed E-state index contributed by atoms with van der Waals surface area (Å²) >= 11 is 3.43. The monoisotopic (exact) mass is 299 g/mol. The normalized spacial score (nSPS) is 31.4. The molecule has 0 bridgehead atoms. The molecule has 92 valence electrons. The second kappa shape index (κ2) is 3.95. The van der Waals surface area contributed by atoms with Gasteiger partial charge in [0, 0.05) is 23.0 Å². The largest absolute Gasteiger partial charge is 0.383 e. The molecule has 1 saturated heterocycles. The van der Waals surface area contributed by atoms with Gasteiger partial charge in [-0.25, -0.2) is 4.39 Å². The molecule has 0 aromatic heterocycles. The molecule has 17 heavy (non-hydrogen) atoms. The molecule has 1 spiro atoms. The Kier molecular flexibility index (Phi) is 2.67. The van der Waals surface area contributed by atoms with Crippen LogP contribution in [-0.4, -0.2) is 19.3 Å². The lowest BCUT2D eigenvalue weighted by molar-refractivity contribution is -0.00533. The molecule has 2 aliphatic rings. The average Bonchev–Trinajstić information content (AvgIpc) is 2.58. The Labute approximate surface area is 109 Å². The maximum Gasteiger partial charge on any atom is 0.124 e. The predicted molar refractivity (Wildman–Crippen MR) is 68.9 cm³/mol. The van der Waals surface area contributed by atoms with Gasteiger partial charge in [-0.15, -0.1) is 0 Å². The number of anilines is 1. The van der Waals surface area contributed by atoms with E-state index in [1.54, 1.807) is 6.07 Å². The fraction of sp³-hybridized carbons (Fsp3) is 0.538.